The molecule has 0 saturated heterocycles. The number of halogens is 1. The smallest absolute Gasteiger partial charge is 0.224 e. The lowest BCUT2D eigenvalue weighted by Crippen LogP contribution is -2.42. The molecule has 0 rings (SSSR count). The number of hydrogen-bond acceptors (Lipinski definition) is 2. The van der Waals surface area contributed by atoms with Crippen LogP contribution in [0.15, 0.2) is 0 Å². The lowest BCUT2D eigenvalue weighted by molar-refractivity contribution is -0.127. The molecule has 0 fully saturated rings. The molecule has 0 aromatic heterocycles. The van der Waals surface area contributed by atoms with Crippen LogP contribution in [0.2, 0.25) is 0 Å². The number of carbonyl (C=O) groups excluding carboxylic acids is 2. The molecule has 0 heterocycles. The number of rotatable bonds is 7. The van der Waals surface area contributed by atoms with Crippen molar-refractivity contribution in [2.75, 3.05) is 12.4 Å². The van der Waals surface area contributed by atoms with Gasteiger partial charge in [-0.2, -0.15) is 0 Å². The van der Waals surface area contributed by atoms with E-state index in [1.807, 2.05) is 0 Å². The molecule has 0 aromatic rings. The maximum absolute atomic E-state index is 11.3. The Labute approximate surface area is 95.5 Å². The quantitative estimate of drug-likeness (QED) is 0.510. The SMILES string of the molecule is CC(C)(CNC(=O)CCCCCl)C(N)=O. The van der Waals surface area contributed by atoms with Crippen LogP contribution >= 0.6 is 11.6 Å². The van der Waals surface area contributed by atoms with Gasteiger partial charge in [0.15, 0.2) is 0 Å². The van der Waals surface area contributed by atoms with Crippen LogP contribution in [0.25, 0.3) is 0 Å². The van der Waals surface area contributed by atoms with Crippen LogP contribution in [0.4, 0.5) is 0 Å². The van der Waals surface area contributed by atoms with Crippen molar-refractivity contribution in [3.8, 4) is 0 Å². The van der Waals surface area contributed by atoms with Crippen molar-refractivity contribution >= 4 is 23.4 Å². The Kier molecular flexibility index (Phi) is 6.32. The van der Waals surface area contributed by atoms with E-state index in [-0.39, 0.29) is 12.5 Å². The molecular formula is C10H19ClN2O2. The highest BCUT2D eigenvalue weighted by Crippen LogP contribution is 2.11. The van der Waals surface area contributed by atoms with Crippen molar-refractivity contribution < 1.29 is 9.59 Å². The molecule has 0 aliphatic rings. The zero-order valence-electron chi connectivity index (χ0n) is 9.31. The summed E-state index contributed by atoms with van der Waals surface area (Å²) in [6.45, 7) is 3.69. The van der Waals surface area contributed by atoms with Gasteiger partial charge in [0, 0.05) is 18.8 Å². The number of alkyl halides is 1. The van der Waals surface area contributed by atoms with Crippen LogP contribution in [0.1, 0.15) is 33.1 Å². The van der Waals surface area contributed by atoms with Crippen LogP contribution in [-0.4, -0.2) is 24.2 Å². The normalized spacial score (nSPS) is 11.1. The molecule has 0 unspecified atom stereocenters. The first kappa shape index (κ1) is 14.2. The van der Waals surface area contributed by atoms with E-state index >= 15 is 0 Å². The second-order valence-corrected chi connectivity index (χ2v) is 4.55. The third kappa shape index (κ3) is 6.33. The Bertz CT molecular complexity index is 229. The molecule has 0 aromatic carbocycles. The van der Waals surface area contributed by atoms with Crippen molar-refractivity contribution in [2.45, 2.75) is 33.1 Å². The fourth-order valence-corrected chi connectivity index (χ4v) is 1.06. The van der Waals surface area contributed by atoms with E-state index in [1.165, 1.54) is 0 Å². The summed E-state index contributed by atoms with van der Waals surface area (Å²) < 4.78 is 0. The number of hydrogen-bond donors (Lipinski definition) is 2. The summed E-state index contributed by atoms with van der Waals surface area (Å²) in [5.41, 5.74) is 4.48. The minimum absolute atomic E-state index is 0.0607. The molecule has 0 radical (unpaired) electrons. The van der Waals surface area contributed by atoms with Crippen LogP contribution in [-0.2, 0) is 9.59 Å². The highest BCUT2D eigenvalue weighted by molar-refractivity contribution is 6.17. The number of amides is 2. The van der Waals surface area contributed by atoms with Gasteiger partial charge in [0.2, 0.25) is 11.8 Å². The fraction of sp³-hybridized carbons (Fsp3) is 0.800. The molecule has 0 saturated carbocycles. The third-order valence-corrected chi connectivity index (χ3v) is 2.45. The Morgan fingerprint density at radius 1 is 1.33 bits per heavy atom. The molecule has 88 valence electrons. The molecule has 2 amide bonds. The minimum Gasteiger partial charge on any atom is -0.369 e. The van der Waals surface area contributed by atoms with E-state index in [4.69, 9.17) is 17.3 Å². The van der Waals surface area contributed by atoms with Gasteiger partial charge in [-0.3, -0.25) is 9.59 Å². The van der Waals surface area contributed by atoms with Crippen LogP contribution < -0.4 is 11.1 Å². The number of nitrogens with two attached hydrogens (primary N) is 1. The summed E-state index contributed by atoms with van der Waals surface area (Å²) in [7, 11) is 0. The van der Waals surface area contributed by atoms with Crippen molar-refractivity contribution in [1.82, 2.24) is 5.32 Å². The van der Waals surface area contributed by atoms with Crippen molar-refractivity contribution in [2.24, 2.45) is 11.1 Å². The monoisotopic (exact) mass is 234 g/mol. The average Bonchev–Trinajstić information content (AvgIpc) is 2.15. The summed E-state index contributed by atoms with van der Waals surface area (Å²) in [5.74, 6) is 0.0954. The molecular weight excluding hydrogens is 216 g/mol. The van der Waals surface area contributed by atoms with Gasteiger partial charge in [0.25, 0.3) is 0 Å². The predicted octanol–water partition coefficient (Wildman–Crippen LogP) is 1.02. The zero-order chi connectivity index (χ0) is 11.9. The predicted molar refractivity (Wildman–Crippen MR) is 60.6 cm³/mol. The van der Waals surface area contributed by atoms with E-state index in [0.29, 0.717) is 12.3 Å². The van der Waals surface area contributed by atoms with Gasteiger partial charge < -0.3 is 11.1 Å². The van der Waals surface area contributed by atoms with Gasteiger partial charge in [-0.1, -0.05) is 0 Å². The first-order valence-electron chi connectivity index (χ1n) is 5.02. The van der Waals surface area contributed by atoms with E-state index in [1.54, 1.807) is 13.8 Å². The summed E-state index contributed by atoms with van der Waals surface area (Å²) in [6.07, 6.45) is 2.04. The minimum atomic E-state index is -0.692. The Morgan fingerprint density at radius 2 is 1.93 bits per heavy atom. The third-order valence-electron chi connectivity index (χ3n) is 2.18. The molecule has 0 spiro atoms. The molecule has 4 nitrogen and oxygen atoms in total. The average molecular weight is 235 g/mol. The van der Waals surface area contributed by atoms with Gasteiger partial charge in [-0.15, -0.1) is 11.6 Å². The number of carbonyl (C=O) groups is 2. The van der Waals surface area contributed by atoms with Crippen LogP contribution in [0.3, 0.4) is 0 Å². The molecule has 0 aliphatic heterocycles. The topological polar surface area (TPSA) is 72.2 Å². The Morgan fingerprint density at radius 3 is 2.40 bits per heavy atom. The molecule has 0 bridgehead atoms. The largest absolute Gasteiger partial charge is 0.369 e. The van der Waals surface area contributed by atoms with Gasteiger partial charge in [-0.05, 0) is 26.7 Å². The van der Waals surface area contributed by atoms with Gasteiger partial charge >= 0.3 is 0 Å². The lowest BCUT2D eigenvalue weighted by Gasteiger charge is -2.20. The summed E-state index contributed by atoms with van der Waals surface area (Å²) in [4.78, 5) is 22.2. The standard InChI is InChI=1S/C10H19ClN2O2/c1-10(2,9(12)15)7-13-8(14)5-3-4-6-11/h3-7H2,1-2H3,(H2,12,15)(H,13,14). The molecule has 0 atom stereocenters. The fourth-order valence-electron chi connectivity index (χ4n) is 0.875. The number of primary amides is 1. The van der Waals surface area contributed by atoms with Gasteiger partial charge in [0.1, 0.15) is 0 Å². The van der Waals surface area contributed by atoms with Crippen molar-refractivity contribution in [3.63, 3.8) is 0 Å². The van der Waals surface area contributed by atoms with Gasteiger partial charge in [0.05, 0.1) is 5.41 Å². The molecule has 15 heavy (non-hydrogen) atoms. The molecule has 0 aliphatic carbocycles. The lowest BCUT2D eigenvalue weighted by atomic mass is 9.93. The maximum atomic E-state index is 11.3. The first-order chi connectivity index (χ1) is 6.90. The Hall–Kier alpha value is -0.770. The second kappa shape index (κ2) is 6.67. The molecule has 5 heteroatoms. The number of nitrogens with one attached hydrogen (secondary N) is 1. The molecule has 3 N–H and O–H groups in total. The summed E-state index contributed by atoms with van der Waals surface area (Å²) in [5, 5.41) is 2.68. The summed E-state index contributed by atoms with van der Waals surface area (Å²) in [6, 6.07) is 0. The van der Waals surface area contributed by atoms with Crippen molar-refractivity contribution in [1.29, 1.82) is 0 Å². The number of unbranched alkanes of at least 4 members (excludes halogenated alkanes) is 1. The van der Waals surface area contributed by atoms with E-state index in [0.717, 1.165) is 12.8 Å². The maximum Gasteiger partial charge on any atom is 0.224 e. The van der Waals surface area contributed by atoms with E-state index in [2.05, 4.69) is 5.32 Å². The highest BCUT2D eigenvalue weighted by Gasteiger charge is 2.25. The van der Waals surface area contributed by atoms with Crippen molar-refractivity contribution in [3.05, 3.63) is 0 Å². The highest BCUT2D eigenvalue weighted by atomic mass is 35.5. The second-order valence-electron chi connectivity index (χ2n) is 4.17. The Balaban J connectivity index is 3.75. The summed E-state index contributed by atoms with van der Waals surface area (Å²) >= 11 is 5.48. The van der Waals surface area contributed by atoms with Gasteiger partial charge in [-0.25, -0.2) is 0 Å². The van der Waals surface area contributed by atoms with E-state index in [9.17, 15) is 9.59 Å². The first-order valence-corrected chi connectivity index (χ1v) is 5.56. The van der Waals surface area contributed by atoms with Crippen LogP contribution in [0.5, 0.6) is 0 Å². The van der Waals surface area contributed by atoms with Crippen LogP contribution in [0, 0.1) is 5.41 Å². The zero-order valence-corrected chi connectivity index (χ0v) is 10.1. The van der Waals surface area contributed by atoms with E-state index < -0.39 is 11.3 Å².